The zero-order valence-corrected chi connectivity index (χ0v) is 16.0. The van der Waals surface area contributed by atoms with Gasteiger partial charge in [-0.3, -0.25) is 14.9 Å². The van der Waals surface area contributed by atoms with Gasteiger partial charge < -0.3 is 21.7 Å². The lowest BCUT2D eigenvalue weighted by Gasteiger charge is -2.29. The number of nitrogens with two attached hydrogens (primary N) is 1. The summed E-state index contributed by atoms with van der Waals surface area (Å²) < 4.78 is 0. The lowest BCUT2D eigenvalue weighted by Crippen LogP contribution is -2.55. The van der Waals surface area contributed by atoms with Crippen molar-refractivity contribution >= 4 is 40.6 Å². The zero-order chi connectivity index (χ0) is 20.2. The molecule has 6 N–H and O–H groups in total. The molecular formula is C20H21N9O. The second kappa shape index (κ2) is 6.41. The number of fused-ring (bicyclic) bond motifs is 4. The fourth-order valence-electron chi connectivity index (χ4n) is 4.90. The summed E-state index contributed by atoms with van der Waals surface area (Å²) in [5, 5.41) is 17.9. The first-order valence-electron chi connectivity index (χ1n) is 10.0. The van der Waals surface area contributed by atoms with E-state index in [1.165, 1.54) is 0 Å². The molecular weight excluding hydrogens is 382 g/mol. The van der Waals surface area contributed by atoms with Crippen LogP contribution in [0, 0.1) is 17.8 Å². The van der Waals surface area contributed by atoms with E-state index in [-0.39, 0.29) is 41.9 Å². The molecule has 6 unspecified atom stereocenters. The minimum atomic E-state index is -0.315. The summed E-state index contributed by atoms with van der Waals surface area (Å²) in [6, 6.07) is 5.57. The molecule has 1 aromatic heterocycles. The summed E-state index contributed by atoms with van der Waals surface area (Å²) in [5.41, 5.74) is 7.50. The number of primary amides is 1. The summed E-state index contributed by atoms with van der Waals surface area (Å²) in [4.78, 5) is 26.1. The summed E-state index contributed by atoms with van der Waals surface area (Å²) in [5.74, 6) is 1.14. The number of H-pyrrole nitrogens is 1. The average Bonchev–Trinajstić information content (AvgIpc) is 3.50. The van der Waals surface area contributed by atoms with Crippen molar-refractivity contribution in [2.45, 2.75) is 24.7 Å². The van der Waals surface area contributed by atoms with Crippen LogP contribution in [-0.2, 0) is 4.79 Å². The van der Waals surface area contributed by atoms with Crippen LogP contribution in [-0.4, -0.2) is 52.5 Å². The van der Waals surface area contributed by atoms with Crippen LogP contribution in [0.15, 0.2) is 51.5 Å². The largest absolute Gasteiger partial charge is 0.369 e. The standard InChI is InChI=1S/C20H21N9O/c21-17(30)14-9-1-2-10(5-9)15(14)26-19-16-18(23-8-22-16)27-20(28-19)25-12-4-3-11-7-24-29-13(11)6-12/h1-4,6-10,14-16,18H,5H2,(H2,21,30)(H,22,23)(H,24,29)(H2,25,26,27,28). The molecule has 3 heterocycles. The maximum Gasteiger partial charge on any atom is 0.223 e. The molecule has 30 heavy (non-hydrogen) atoms. The normalized spacial score (nSPS) is 34.7. The number of aromatic amines is 1. The van der Waals surface area contributed by atoms with Crippen molar-refractivity contribution < 1.29 is 4.79 Å². The van der Waals surface area contributed by atoms with Crippen LogP contribution >= 0.6 is 0 Å². The second-order valence-electron chi connectivity index (χ2n) is 8.12. The van der Waals surface area contributed by atoms with Crippen molar-refractivity contribution in [3.05, 3.63) is 36.5 Å². The molecule has 0 spiro atoms. The van der Waals surface area contributed by atoms with Crippen LogP contribution in [0.1, 0.15) is 6.42 Å². The molecule has 10 nitrogen and oxygen atoms in total. The number of aliphatic imine (C=N–C) groups is 3. The molecule has 152 valence electrons. The SMILES string of the molecule is NC(=O)C1C2C=CC(C2)C1N=C1NC(Nc2ccc3cn[nH]c3c2)=NC2N=CNC12. The first-order chi connectivity index (χ1) is 14.7. The number of rotatable bonds is 3. The van der Waals surface area contributed by atoms with Gasteiger partial charge in [0.15, 0.2) is 6.17 Å². The zero-order valence-electron chi connectivity index (χ0n) is 16.0. The number of nitrogens with zero attached hydrogens (tertiary/aromatic N) is 4. The van der Waals surface area contributed by atoms with Crippen molar-refractivity contribution in [2.75, 3.05) is 5.32 Å². The molecule has 6 rings (SSSR count). The number of hydrogen-bond donors (Lipinski definition) is 5. The van der Waals surface area contributed by atoms with E-state index in [1.807, 2.05) is 18.2 Å². The highest BCUT2D eigenvalue weighted by Gasteiger charge is 2.48. The van der Waals surface area contributed by atoms with Gasteiger partial charge >= 0.3 is 0 Å². The van der Waals surface area contributed by atoms with Crippen molar-refractivity contribution in [1.82, 2.24) is 20.8 Å². The van der Waals surface area contributed by atoms with Crippen molar-refractivity contribution in [3.8, 4) is 0 Å². The van der Waals surface area contributed by atoms with Gasteiger partial charge in [-0.25, -0.2) is 9.98 Å². The maximum atomic E-state index is 12.1. The predicted molar refractivity (Wildman–Crippen MR) is 114 cm³/mol. The van der Waals surface area contributed by atoms with Crippen molar-refractivity contribution in [3.63, 3.8) is 0 Å². The van der Waals surface area contributed by atoms with Gasteiger partial charge in [-0.15, -0.1) is 0 Å². The highest BCUT2D eigenvalue weighted by atomic mass is 16.1. The Labute approximate surface area is 171 Å². The van der Waals surface area contributed by atoms with Crippen LogP contribution in [0.25, 0.3) is 10.9 Å². The Morgan fingerprint density at radius 2 is 2.17 bits per heavy atom. The van der Waals surface area contributed by atoms with Gasteiger partial charge in [-0.1, -0.05) is 12.2 Å². The molecule has 1 saturated carbocycles. The fourth-order valence-corrected chi connectivity index (χ4v) is 4.90. The lowest BCUT2D eigenvalue weighted by molar-refractivity contribution is -0.122. The van der Waals surface area contributed by atoms with Gasteiger partial charge in [-0.2, -0.15) is 5.10 Å². The van der Waals surface area contributed by atoms with Gasteiger partial charge in [0.2, 0.25) is 11.9 Å². The van der Waals surface area contributed by atoms with Crippen LogP contribution in [0.5, 0.6) is 0 Å². The van der Waals surface area contributed by atoms with E-state index < -0.39 is 0 Å². The molecule has 1 amide bonds. The van der Waals surface area contributed by atoms with Gasteiger partial charge in [0.25, 0.3) is 0 Å². The molecule has 0 saturated heterocycles. The Morgan fingerprint density at radius 1 is 1.27 bits per heavy atom. The molecule has 2 aliphatic carbocycles. The van der Waals surface area contributed by atoms with E-state index in [0.29, 0.717) is 5.96 Å². The van der Waals surface area contributed by atoms with E-state index in [4.69, 9.17) is 10.7 Å². The van der Waals surface area contributed by atoms with E-state index in [9.17, 15) is 4.79 Å². The average molecular weight is 403 g/mol. The highest BCUT2D eigenvalue weighted by molar-refractivity contribution is 6.11. The third-order valence-electron chi connectivity index (χ3n) is 6.32. The Balaban J connectivity index is 1.30. The second-order valence-corrected chi connectivity index (χ2v) is 8.12. The number of guanidine groups is 1. The topological polar surface area (TPSA) is 145 Å². The summed E-state index contributed by atoms with van der Waals surface area (Å²) >= 11 is 0. The summed E-state index contributed by atoms with van der Waals surface area (Å²) in [6.45, 7) is 0. The van der Waals surface area contributed by atoms with Gasteiger partial charge in [0, 0.05) is 17.0 Å². The molecule has 1 fully saturated rings. The monoisotopic (exact) mass is 403 g/mol. The number of hydrogen-bond acceptors (Lipinski definition) is 7. The summed E-state index contributed by atoms with van der Waals surface area (Å²) in [7, 11) is 0. The molecule has 2 aromatic rings. The molecule has 2 aliphatic heterocycles. The third kappa shape index (κ3) is 2.67. The van der Waals surface area contributed by atoms with Crippen LogP contribution in [0.3, 0.4) is 0 Å². The van der Waals surface area contributed by atoms with E-state index in [2.05, 4.69) is 48.3 Å². The van der Waals surface area contributed by atoms with E-state index in [1.54, 1.807) is 12.5 Å². The lowest BCUT2D eigenvalue weighted by atomic mass is 9.88. The Morgan fingerprint density at radius 3 is 3.07 bits per heavy atom. The highest BCUT2D eigenvalue weighted by Crippen LogP contribution is 2.45. The number of nitrogens with one attached hydrogen (secondary N) is 4. The van der Waals surface area contributed by atoms with Crippen LogP contribution < -0.4 is 21.7 Å². The Bertz CT molecular complexity index is 1150. The van der Waals surface area contributed by atoms with Crippen molar-refractivity contribution in [2.24, 2.45) is 38.5 Å². The molecule has 4 aliphatic rings. The number of amidine groups is 1. The quantitative estimate of drug-likeness (QED) is 0.469. The van der Waals surface area contributed by atoms with E-state index >= 15 is 0 Å². The molecule has 0 radical (unpaired) electrons. The predicted octanol–water partition coefficient (Wildman–Crippen LogP) is 0.335. The number of carbonyl (C=O) groups excluding carboxylic acids is 1. The smallest absolute Gasteiger partial charge is 0.223 e. The molecule has 6 atom stereocenters. The minimum Gasteiger partial charge on any atom is -0.369 e. The number of allylic oxidation sites excluding steroid dienone is 1. The number of aromatic nitrogens is 2. The first kappa shape index (κ1) is 17.2. The van der Waals surface area contributed by atoms with Crippen molar-refractivity contribution in [1.29, 1.82) is 0 Å². The Hall–Kier alpha value is -3.69. The fraction of sp³-hybridized carbons (Fsp3) is 0.350. The number of carbonyl (C=O) groups is 1. The third-order valence-corrected chi connectivity index (χ3v) is 6.32. The number of amides is 1. The number of benzene rings is 1. The van der Waals surface area contributed by atoms with Gasteiger partial charge in [0.05, 0.1) is 30.0 Å². The molecule has 10 heteroatoms. The maximum absolute atomic E-state index is 12.1. The number of anilines is 1. The van der Waals surface area contributed by atoms with Gasteiger partial charge in [-0.05, 0) is 30.5 Å². The van der Waals surface area contributed by atoms with Crippen LogP contribution in [0.2, 0.25) is 0 Å². The Kier molecular flexibility index (Phi) is 3.67. The first-order valence-corrected chi connectivity index (χ1v) is 10.0. The molecule has 2 bridgehead atoms. The van der Waals surface area contributed by atoms with E-state index in [0.717, 1.165) is 28.8 Å². The summed E-state index contributed by atoms with van der Waals surface area (Å²) in [6.07, 6.45) is 8.31. The molecule has 1 aromatic carbocycles. The minimum absolute atomic E-state index is 0.163. The van der Waals surface area contributed by atoms with Gasteiger partial charge in [0.1, 0.15) is 11.9 Å². The van der Waals surface area contributed by atoms with Crippen LogP contribution in [0.4, 0.5) is 5.69 Å².